The van der Waals surface area contributed by atoms with Gasteiger partial charge in [-0.25, -0.2) is 14.0 Å². The lowest BCUT2D eigenvalue weighted by Crippen LogP contribution is -2.41. The molecule has 0 radical (unpaired) electrons. The highest BCUT2D eigenvalue weighted by molar-refractivity contribution is 5.94. The van der Waals surface area contributed by atoms with Gasteiger partial charge in [0.05, 0.1) is 12.8 Å². The summed E-state index contributed by atoms with van der Waals surface area (Å²) in [5.74, 6) is -1.64. The largest absolute Gasteiger partial charge is 0.467 e. The highest BCUT2D eigenvalue weighted by Gasteiger charge is 2.15. The van der Waals surface area contributed by atoms with Crippen molar-refractivity contribution >= 4 is 11.9 Å². The fraction of sp³-hybridized carbons (Fsp3) is 0.125. The second-order valence-corrected chi connectivity index (χ2v) is 5.15. The molecular weight excluding hydrogens is 347 g/mol. The summed E-state index contributed by atoms with van der Waals surface area (Å²) in [6, 6.07) is 7.71. The van der Waals surface area contributed by atoms with Crippen LogP contribution in [0, 0.1) is 5.82 Å². The van der Waals surface area contributed by atoms with Crippen LogP contribution in [0.5, 0.6) is 0 Å². The number of hydrogen-bond donors (Lipinski definition) is 2. The van der Waals surface area contributed by atoms with Crippen molar-refractivity contribution in [3.8, 4) is 11.5 Å². The number of amides is 3. The Morgan fingerprint density at radius 2 is 1.96 bits per heavy atom. The molecule has 0 bridgehead atoms. The zero-order valence-corrected chi connectivity index (χ0v) is 13.3. The number of carbonyl (C=O) groups is 2. The van der Waals surface area contributed by atoms with E-state index in [1.54, 1.807) is 12.1 Å². The van der Waals surface area contributed by atoms with E-state index >= 15 is 0 Å². The van der Waals surface area contributed by atoms with Crippen LogP contribution in [0.4, 0.5) is 9.18 Å². The van der Waals surface area contributed by atoms with Gasteiger partial charge in [-0.15, -0.1) is 5.10 Å². The molecule has 2 N–H and O–H groups in total. The molecule has 2 aromatic heterocycles. The predicted molar refractivity (Wildman–Crippen MR) is 85.2 cm³/mol. The summed E-state index contributed by atoms with van der Waals surface area (Å²) in [6.07, 6.45) is 1.45. The maximum absolute atomic E-state index is 12.9. The highest BCUT2D eigenvalue weighted by atomic mass is 19.1. The van der Waals surface area contributed by atoms with Crippen LogP contribution in [0.3, 0.4) is 0 Å². The lowest BCUT2D eigenvalue weighted by atomic mass is 10.2. The average Bonchev–Trinajstić information content (AvgIpc) is 3.24. The Kier molecular flexibility index (Phi) is 4.92. The molecule has 10 heteroatoms. The smallest absolute Gasteiger partial charge is 0.437 e. The summed E-state index contributed by atoms with van der Waals surface area (Å²) in [5, 5.41) is 8.33. The lowest BCUT2D eigenvalue weighted by molar-refractivity contribution is -0.120. The van der Waals surface area contributed by atoms with E-state index in [4.69, 9.17) is 8.83 Å². The molecule has 3 rings (SSSR count). The molecule has 9 nitrogen and oxygen atoms in total. The van der Waals surface area contributed by atoms with Crippen molar-refractivity contribution in [1.82, 2.24) is 20.4 Å². The van der Waals surface area contributed by atoms with Crippen molar-refractivity contribution < 1.29 is 22.8 Å². The molecule has 134 valence electrons. The number of carbonyl (C=O) groups excluding carboxylic acids is 2. The Bertz CT molecular complexity index is 959. The molecule has 0 saturated carbocycles. The Morgan fingerprint density at radius 1 is 1.19 bits per heavy atom. The monoisotopic (exact) mass is 360 g/mol. The van der Waals surface area contributed by atoms with Crippen LogP contribution in [0.25, 0.3) is 11.5 Å². The molecule has 0 fully saturated rings. The van der Waals surface area contributed by atoms with E-state index < -0.39 is 30.1 Å². The third-order valence-corrected chi connectivity index (χ3v) is 3.25. The number of benzene rings is 1. The highest BCUT2D eigenvalue weighted by Crippen LogP contribution is 2.15. The SMILES string of the molecule is O=C(Cn1nc(-c2ccc(F)cc2)oc1=O)NC(=O)NCc1ccco1. The number of nitrogens with one attached hydrogen (secondary N) is 2. The van der Waals surface area contributed by atoms with Crippen LogP contribution in [0.15, 0.2) is 56.3 Å². The lowest BCUT2D eigenvalue weighted by Gasteiger charge is -2.04. The first-order valence-corrected chi connectivity index (χ1v) is 7.45. The summed E-state index contributed by atoms with van der Waals surface area (Å²) in [4.78, 5) is 35.2. The van der Waals surface area contributed by atoms with E-state index in [9.17, 15) is 18.8 Å². The Labute approximate surface area is 145 Å². The first-order valence-electron chi connectivity index (χ1n) is 7.45. The Balaban J connectivity index is 1.58. The van der Waals surface area contributed by atoms with Crippen LogP contribution in [-0.2, 0) is 17.9 Å². The van der Waals surface area contributed by atoms with Gasteiger partial charge >= 0.3 is 11.8 Å². The normalized spacial score (nSPS) is 10.5. The number of hydrogen-bond acceptors (Lipinski definition) is 6. The fourth-order valence-electron chi connectivity index (χ4n) is 2.04. The summed E-state index contributed by atoms with van der Waals surface area (Å²) in [5.41, 5.74) is 0.374. The minimum absolute atomic E-state index is 0.0647. The van der Waals surface area contributed by atoms with Crippen molar-refractivity contribution in [3.05, 3.63) is 64.8 Å². The summed E-state index contributed by atoms with van der Waals surface area (Å²) < 4.78 is 23.6. The first kappa shape index (κ1) is 17.1. The molecule has 1 aromatic carbocycles. The Morgan fingerprint density at radius 3 is 2.65 bits per heavy atom. The molecule has 0 atom stereocenters. The third kappa shape index (κ3) is 4.23. The molecule has 0 aliphatic heterocycles. The molecule has 0 unspecified atom stereocenters. The predicted octanol–water partition coefficient (Wildman–Crippen LogP) is 1.26. The molecular formula is C16H13FN4O5. The second kappa shape index (κ2) is 7.47. The van der Waals surface area contributed by atoms with Crippen molar-refractivity contribution in [1.29, 1.82) is 0 Å². The van der Waals surface area contributed by atoms with Gasteiger partial charge in [0.1, 0.15) is 18.1 Å². The number of rotatable bonds is 5. The van der Waals surface area contributed by atoms with E-state index in [1.807, 2.05) is 0 Å². The van der Waals surface area contributed by atoms with Crippen LogP contribution in [0.2, 0.25) is 0 Å². The third-order valence-electron chi connectivity index (χ3n) is 3.25. The maximum Gasteiger partial charge on any atom is 0.437 e. The van der Waals surface area contributed by atoms with Gasteiger partial charge in [0, 0.05) is 5.56 Å². The van der Waals surface area contributed by atoms with Gasteiger partial charge < -0.3 is 14.2 Å². The van der Waals surface area contributed by atoms with Gasteiger partial charge in [0.15, 0.2) is 0 Å². The average molecular weight is 360 g/mol. The first-order chi connectivity index (χ1) is 12.5. The molecule has 0 aliphatic rings. The van der Waals surface area contributed by atoms with E-state index in [0.717, 1.165) is 4.68 Å². The minimum atomic E-state index is -0.879. The molecule has 2 heterocycles. The molecule has 3 aromatic rings. The number of urea groups is 1. The Hall–Kier alpha value is -3.69. The van der Waals surface area contributed by atoms with E-state index in [2.05, 4.69) is 15.7 Å². The van der Waals surface area contributed by atoms with Gasteiger partial charge in [-0.2, -0.15) is 4.68 Å². The van der Waals surface area contributed by atoms with Gasteiger partial charge in [0.25, 0.3) is 0 Å². The van der Waals surface area contributed by atoms with Crippen molar-refractivity contribution in [2.75, 3.05) is 0 Å². The van der Waals surface area contributed by atoms with E-state index in [0.29, 0.717) is 11.3 Å². The summed E-state index contributed by atoms with van der Waals surface area (Å²) in [7, 11) is 0. The fourth-order valence-corrected chi connectivity index (χ4v) is 2.04. The van der Waals surface area contributed by atoms with Crippen LogP contribution >= 0.6 is 0 Å². The second-order valence-electron chi connectivity index (χ2n) is 5.15. The van der Waals surface area contributed by atoms with Gasteiger partial charge in [-0.1, -0.05) is 0 Å². The van der Waals surface area contributed by atoms with Crippen LogP contribution < -0.4 is 16.4 Å². The molecule has 0 aliphatic carbocycles. The molecule has 26 heavy (non-hydrogen) atoms. The van der Waals surface area contributed by atoms with Gasteiger partial charge in [-0.05, 0) is 36.4 Å². The van der Waals surface area contributed by atoms with Crippen LogP contribution in [0.1, 0.15) is 5.76 Å². The molecule has 0 saturated heterocycles. The number of imide groups is 1. The van der Waals surface area contributed by atoms with E-state index in [-0.39, 0.29) is 12.4 Å². The van der Waals surface area contributed by atoms with Crippen molar-refractivity contribution in [3.63, 3.8) is 0 Å². The van der Waals surface area contributed by atoms with Crippen LogP contribution in [-0.4, -0.2) is 21.7 Å². The summed E-state index contributed by atoms with van der Waals surface area (Å²) in [6.45, 7) is -0.414. The zero-order valence-electron chi connectivity index (χ0n) is 13.3. The zero-order chi connectivity index (χ0) is 18.5. The number of halogens is 1. The molecule has 3 amide bonds. The van der Waals surface area contributed by atoms with Crippen molar-refractivity contribution in [2.24, 2.45) is 0 Å². The van der Waals surface area contributed by atoms with Gasteiger partial charge in [0.2, 0.25) is 11.8 Å². The number of aromatic nitrogens is 2. The quantitative estimate of drug-likeness (QED) is 0.707. The van der Waals surface area contributed by atoms with Crippen molar-refractivity contribution in [2.45, 2.75) is 13.1 Å². The van der Waals surface area contributed by atoms with E-state index in [1.165, 1.54) is 30.5 Å². The maximum atomic E-state index is 12.9. The number of nitrogens with zero attached hydrogens (tertiary/aromatic N) is 2. The topological polar surface area (TPSA) is 119 Å². The number of furan rings is 1. The molecule has 0 spiro atoms. The van der Waals surface area contributed by atoms with Gasteiger partial charge in [-0.3, -0.25) is 10.1 Å². The summed E-state index contributed by atoms with van der Waals surface area (Å²) >= 11 is 0. The standard InChI is InChI=1S/C16H13FN4O5/c17-11-5-3-10(4-6-11)14-20-21(16(24)26-14)9-13(22)19-15(23)18-8-12-2-1-7-25-12/h1-7H,8-9H2,(H2,18,19,22,23). The minimum Gasteiger partial charge on any atom is -0.467 e.